The molecular weight excluding hydrogens is 281 g/mol. The number of anilines is 3. The normalized spacial score (nSPS) is 10.3. The summed E-state index contributed by atoms with van der Waals surface area (Å²) in [5.41, 5.74) is 0.745. The van der Waals surface area contributed by atoms with Crippen LogP contribution in [0.1, 0.15) is 13.3 Å². The van der Waals surface area contributed by atoms with Gasteiger partial charge < -0.3 is 10.6 Å². The maximum Gasteiger partial charge on any atom is 0.132 e. The number of halogens is 2. The number of pyridine rings is 1. The van der Waals surface area contributed by atoms with Gasteiger partial charge in [-0.2, -0.15) is 0 Å². The molecule has 0 unspecified atom stereocenters. The van der Waals surface area contributed by atoms with Crippen LogP contribution in [0.4, 0.5) is 17.3 Å². The molecule has 0 saturated carbocycles. The Bertz CT molecular complexity index is 558. The van der Waals surface area contributed by atoms with Crippen molar-refractivity contribution in [2.24, 2.45) is 0 Å². The van der Waals surface area contributed by atoms with Gasteiger partial charge in [-0.3, -0.25) is 0 Å². The third kappa shape index (κ3) is 3.75. The van der Waals surface area contributed by atoms with Gasteiger partial charge in [-0.25, -0.2) is 4.98 Å². The van der Waals surface area contributed by atoms with E-state index in [-0.39, 0.29) is 0 Å². The topological polar surface area (TPSA) is 37.0 Å². The highest BCUT2D eigenvalue weighted by Gasteiger charge is 2.05. The smallest absolute Gasteiger partial charge is 0.132 e. The van der Waals surface area contributed by atoms with E-state index in [1.807, 2.05) is 30.3 Å². The maximum absolute atomic E-state index is 6.13. The van der Waals surface area contributed by atoms with Crippen molar-refractivity contribution in [3.63, 3.8) is 0 Å². The van der Waals surface area contributed by atoms with Gasteiger partial charge in [0.05, 0.1) is 15.7 Å². The van der Waals surface area contributed by atoms with Crippen molar-refractivity contribution in [1.29, 1.82) is 0 Å². The summed E-state index contributed by atoms with van der Waals surface area (Å²) in [6.07, 6.45) is 1.06. The number of benzene rings is 1. The van der Waals surface area contributed by atoms with Gasteiger partial charge in [-0.15, -0.1) is 0 Å². The summed E-state index contributed by atoms with van der Waals surface area (Å²) < 4.78 is 0. The van der Waals surface area contributed by atoms with Crippen molar-refractivity contribution in [3.8, 4) is 0 Å². The van der Waals surface area contributed by atoms with Gasteiger partial charge in [0.2, 0.25) is 0 Å². The Kier molecular flexibility index (Phi) is 4.88. The second-order valence-electron chi connectivity index (χ2n) is 4.06. The highest BCUT2D eigenvalue weighted by Crippen LogP contribution is 2.31. The predicted octanol–water partition coefficient (Wildman–Crippen LogP) is 4.95. The first kappa shape index (κ1) is 14.0. The first-order chi connectivity index (χ1) is 9.20. The summed E-state index contributed by atoms with van der Waals surface area (Å²) in [5.74, 6) is 1.57. The summed E-state index contributed by atoms with van der Waals surface area (Å²) in [6, 6.07) is 11.2. The van der Waals surface area contributed by atoms with Gasteiger partial charge in [-0.05, 0) is 30.7 Å². The quantitative estimate of drug-likeness (QED) is 0.819. The molecule has 0 fully saturated rings. The SMILES string of the molecule is CCCNc1cccc(Nc2cccc(Cl)c2Cl)n1. The summed E-state index contributed by atoms with van der Waals surface area (Å²) in [6.45, 7) is 3.01. The Morgan fingerprint density at radius 3 is 2.58 bits per heavy atom. The molecule has 1 aromatic carbocycles. The van der Waals surface area contributed by atoms with Crippen molar-refractivity contribution < 1.29 is 0 Å². The van der Waals surface area contributed by atoms with Gasteiger partial charge in [-0.1, -0.05) is 42.3 Å². The number of nitrogens with zero attached hydrogens (tertiary/aromatic N) is 1. The zero-order valence-corrected chi connectivity index (χ0v) is 12.1. The van der Waals surface area contributed by atoms with Gasteiger partial charge in [0.15, 0.2) is 0 Å². The Hall–Kier alpha value is -1.45. The number of hydrogen-bond donors (Lipinski definition) is 2. The summed E-state index contributed by atoms with van der Waals surface area (Å²) >= 11 is 12.1. The van der Waals surface area contributed by atoms with E-state index in [4.69, 9.17) is 23.2 Å². The number of nitrogens with one attached hydrogen (secondary N) is 2. The fourth-order valence-corrected chi connectivity index (χ4v) is 1.94. The lowest BCUT2D eigenvalue weighted by Gasteiger charge is -2.10. The van der Waals surface area contributed by atoms with Crippen LogP contribution in [-0.2, 0) is 0 Å². The minimum absolute atomic E-state index is 0.498. The molecule has 0 bridgehead atoms. The minimum Gasteiger partial charge on any atom is -0.370 e. The van der Waals surface area contributed by atoms with Crippen molar-refractivity contribution in [1.82, 2.24) is 4.98 Å². The third-order valence-electron chi connectivity index (χ3n) is 2.52. The van der Waals surface area contributed by atoms with Crippen molar-refractivity contribution in [2.75, 3.05) is 17.2 Å². The molecule has 0 radical (unpaired) electrons. The molecule has 0 amide bonds. The van der Waals surface area contributed by atoms with Crippen LogP contribution in [0, 0.1) is 0 Å². The first-order valence-electron chi connectivity index (χ1n) is 6.12. The largest absolute Gasteiger partial charge is 0.370 e. The zero-order valence-electron chi connectivity index (χ0n) is 10.6. The fourth-order valence-electron chi connectivity index (χ4n) is 1.59. The molecule has 100 valence electrons. The van der Waals surface area contributed by atoms with Crippen LogP contribution in [0.3, 0.4) is 0 Å². The standard InChI is InChI=1S/C14H15Cl2N3/c1-2-9-17-12-7-4-8-13(19-12)18-11-6-3-5-10(15)14(11)16/h3-8H,2,9H2,1H3,(H2,17,18,19). The third-order valence-corrected chi connectivity index (χ3v) is 3.34. The molecule has 5 heteroatoms. The van der Waals surface area contributed by atoms with Gasteiger partial charge in [0.25, 0.3) is 0 Å². The molecule has 3 nitrogen and oxygen atoms in total. The van der Waals surface area contributed by atoms with Crippen molar-refractivity contribution in [2.45, 2.75) is 13.3 Å². The Labute approximate surface area is 123 Å². The number of rotatable bonds is 5. The van der Waals surface area contributed by atoms with E-state index in [1.165, 1.54) is 0 Å². The lowest BCUT2D eigenvalue weighted by molar-refractivity contribution is 0.970. The van der Waals surface area contributed by atoms with E-state index in [9.17, 15) is 0 Å². The van der Waals surface area contributed by atoms with E-state index < -0.39 is 0 Å². The molecule has 2 rings (SSSR count). The average molecular weight is 296 g/mol. The van der Waals surface area contributed by atoms with Crippen LogP contribution in [-0.4, -0.2) is 11.5 Å². The second kappa shape index (κ2) is 6.64. The van der Waals surface area contributed by atoms with Crippen LogP contribution in [0.2, 0.25) is 10.0 Å². The van der Waals surface area contributed by atoms with Crippen molar-refractivity contribution in [3.05, 3.63) is 46.4 Å². The van der Waals surface area contributed by atoms with Gasteiger partial charge in [0.1, 0.15) is 11.6 Å². The van der Waals surface area contributed by atoms with Crippen LogP contribution >= 0.6 is 23.2 Å². The Balaban J connectivity index is 2.16. The van der Waals surface area contributed by atoms with E-state index >= 15 is 0 Å². The molecule has 1 heterocycles. The second-order valence-corrected chi connectivity index (χ2v) is 4.85. The predicted molar refractivity (Wildman–Crippen MR) is 82.8 cm³/mol. The lowest BCUT2D eigenvalue weighted by atomic mass is 10.3. The number of aromatic nitrogens is 1. The maximum atomic E-state index is 6.13. The van der Waals surface area contributed by atoms with Crippen LogP contribution in [0.25, 0.3) is 0 Å². The van der Waals surface area contributed by atoms with Gasteiger partial charge >= 0.3 is 0 Å². The number of hydrogen-bond acceptors (Lipinski definition) is 3. The van der Waals surface area contributed by atoms with Crippen LogP contribution < -0.4 is 10.6 Å². The highest BCUT2D eigenvalue weighted by atomic mass is 35.5. The molecule has 0 saturated heterocycles. The fraction of sp³-hybridized carbons (Fsp3) is 0.214. The summed E-state index contributed by atoms with van der Waals surface area (Å²) in [5, 5.41) is 7.42. The molecule has 0 aliphatic heterocycles. The molecule has 1 aromatic heterocycles. The molecule has 0 aliphatic rings. The monoisotopic (exact) mass is 295 g/mol. The molecule has 0 aliphatic carbocycles. The minimum atomic E-state index is 0.498. The first-order valence-corrected chi connectivity index (χ1v) is 6.88. The molecule has 2 aromatic rings. The molecular formula is C14H15Cl2N3. The van der Waals surface area contributed by atoms with Crippen LogP contribution in [0.5, 0.6) is 0 Å². The highest BCUT2D eigenvalue weighted by molar-refractivity contribution is 6.43. The van der Waals surface area contributed by atoms with E-state index in [0.717, 1.165) is 30.3 Å². The zero-order chi connectivity index (χ0) is 13.7. The van der Waals surface area contributed by atoms with Crippen LogP contribution in [0.15, 0.2) is 36.4 Å². The lowest BCUT2D eigenvalue weighted by Crippen LogP contribution is -2.03. The molecule has 0 spiro atoms. The van der Waals surface area contributed by atoms with E-state index in [2.05, 4.69) is 22.5 Å². The molecule has 19 heavy (non-hydrogen) atoms. The van der Waals surface area contributed by atoms with E-state index in [1.54, 1.807) is 6.07 Å². The average Bonchev–Trinajstić information content (AvgIpc) is 2.42. The van der Waals surface area contributed by atoms with E-state index in [0.29, 0.717) is 10.0 Å². The molecule has 0 atom stereocenters. The van der Waals surface area contributed by atoms with Crippen molar-refractivity contribution >= 4 is 40.5 Å². The molecule has 2 N–H and O–H groups in total. The van der Waals surface area contributed by atoms with Gasteiger partial charge in [0, 0.05) is 6.54 Å². The Morgan fingerprint density at radius 2 is 1.79 bits per heavy atom. The Morgan fingerprint density at radius 1 is 1.05 bits per heavy atom. The summed E-state index contributed by atoms with van der Waals surface area (Å²) in [4.78, 5) is 4.45. The summed E-state index contributed by atoms with van der Waals surface area (Å²) in [7, 11) is 0.